The largest absolute Gasteiger partial charge is 0.139 e. The molecule has 30 heavy (non-hydrogen) atoms. The lowest BCUT2D eigenvalue weighted by atomic mass is 9.65. The summed E-state index contributed by atoms with van der Waals surface area (Å²) in [5.74, 6) is 0. The Bertz CT molecular complexity index is 1280. The van der Waals surface area contributed by atoms with Crippen molar-refractivity contribution in [1.82, 2.24) is 0 Å². The van der Waals surface area contributed by atoms with E-state index in [9.17, 15) is 0 Å². The minimum Gasteiger partial charge on any atom is -0.0985 e. The standard InChI is InChI=1S/C29H25B/c1-4-21-11-13-22(14-12-21)29(27-17-19(2)9-10-20(27)3)26-8-6-5-7-24(26)25-16-15-23(30)18-28(25)29/h4-18H,1,30H2,2-3H3. The van der Waals surface area contributed by atoms with Gasteiger partial charge in [-0.1, -0.05) is 109 Å². The molecule has 0 aromatic heterocycles. The summed E-state index contributed by atoms with van der Waals surface area (Å²) >= 11 is 0. The zero-order chi connectivity index (χ0) is 20.9. The number of hydrogen-bond donors (Lipinski definition) is 0. The molecule has 1 unspecified atom stereocenters. The van der Waals surface area contributed by atoms with Gasteiger partial charge in [0, 0.05) is 0 Å². The van der Waals surface area contributed by atoms with E-state index in [1.54, 1.807) is 0 Å². The van der Waals surface area contributed by atoms with E-state index in [1.165, 1.54) is 50.0 Å². The van der Waals surface area contributed by atoms with Crippen molar-refractivity contribution in [2.75, 3.05) is 0 Å². The lowest BCUT2D eigenvalue weighted by molar-refractivity contribution is 0.760. The lowest BCUT2D eigenvalue weighted by Crippen LogP contribution is -2.30. The van der Waals surface area contributed by atoms with E-state index in [-0.39, 0.29) is 5.41 Å². The minimum atomic E-state index is -0.326. The molecule has 1 atom stereocenters. The third-order valence-corrected chi connectivity index (χ3v) is 6.58. The molecule has 4 aromatic rings. The topological polar surface area (TPSA) is 0 Å². The van der Waals surface area contributed by atoms with Crippen molar-refractivity contribution in [1.29, 1.82) is 0 Å². The fourth-order valence-corrected chi connectivity index (χ4v) is 5.16. The second-order valence-electron chi connectivity index (χ2n) is 8.49. The number of benzene rings is 4. The third-order valence-electron chi connectivity index (χ3n) is 6.58. The molecule has 0 radical (unpaired) electrons. The predicted molar refractivity (Wildman–Crippen MR) is 131 cm³/mol. The summed E-state index contributed by atoms with van der Waals surface area (Å²) in [5.41, 5.74) is 12.8. The van der Waals surface area contributed by atoms with E-state index in [0.29, 0.717) is 0 Å². The first-order chi connectivity index (χ1) is 14.6. The van der Waals surface area contributed by atoms with Gasteiger partial charge in [-0.05, 0) is 58.4 Å². The van der Waals surface area contributed by atoms with Crippen molar-refractivity contribution in [3.05, 3.63) is 130 Å². The fraction of sp³-hybridized carbons (Fsp3) is 0.103. The van der Waals surface area contributed by atoms with Crippen LogP contribution in [0.5, 0.6) is 0 Å². The summed E-state index contributed by atoms with van der Waals surface area (Å²) in [4.78, 5) is 0. The van der Waals surface area contributed by atoms with Gasteiger partial charge in [-0.15, -0.1) is 0 Å². The summed E-state index contributed by atoms with van der Waals surface area (Å²) in [7, 11) is 2.19. The third kappa shape index (κ3) is 2.55. The summed E-state index contributed by atoms with van der Waals surface area (Å²) in [6.45, 7) is 8.37. The van der Waals surface area contributed by atoms with E-state index in [4.69, 9.17) is 0 Å². The first-order valence-corrected chi connectivity index (χ1v) is 10.6. The number of rotatable bonds is 3. The van der Waals surface area contributed by atoms with Crippen LogP contribution in [0.4, 0.5) is 0 Å². The van der Waals surface area contributed by atoms with Crippen molar-refractivity contribution >= 4 is 19.4 Å². The second-order valence-corrected chi connectivity index (χ2v) is 8.49. The maximum atomic E-state index is 3.94. The molecule has 0 aliphatic heterocycles. The molecular weight excluding hydrogens is 359 g/mol. The lowest BCUT2D eigenvalue weighted by Gasteiger charge is -2.35. The molecule has 1 heteroatoms. The van der Waals surface area contributed by atoms with E-state index < -0.39 is 0 Å². The zero-order valence-electron chi connectivity index (χ0n) is 17.9. The van der Waals surface area contributed by atoms with E-state index in [1.807, 2.05) is 6.08 Å². The van der Waals surface area contributed by atoms with Crippen molar-refractivity contribution in [2.24, 2.45) is 0 Å². The maximum Gasteiger partial charge on any atom is 0.139 e. The van der Waals surface area contributed by atoms with E-state index >= 15 is 0 Å². The summed E-state index contributed by atoms with van der Waals surface area (Å²) < 4.78 is 0. The Labute approximate surface area is 180 Å². The van der Waals surface area contributed by atoms with Gasteiger partial charge in [0.05, 0.1) is 5.41 Å². The molecule has 0 bridgehead atoms. The quantitative estimate of drug-likeness (QED) is 0.357. The molecule has 5 rings (SSSR count). The summed E-state index contributed by atoms with van der Waals surface area (Å²) in [6, 6.07) is 31.6. The van der Waals surface area contributed by atoms with Gasteiger partial charge < -0.3 is 0 Å². The van der Waals surface area contributed by atoms with Crippen LogP contribution in [0.15, 0.2) is 91.5 Å². The van der Waals surface area contributed by atoms with Gasteiger partial charge in [-0.25, -0.2) is 0 Å². The molecule has 0 fully saturated rings. The first kappa shape index (κ1) is 18.7. The van der Waals surface area contributed by atoms with Crippen molar-refractivity contribution < 1.29 is 0 Å². The smallest absolute Gasteiger partial charge is 0.0985 e. The Morgan fingerprint density at radius 2 is 1.47 bits per heavy atom. The molecule has 1 aliphatic rings. The molecule has 4 aromatic carbocycles. The molecule has 0 saturated heterocycles. The molecule has 0 heterocycles. The molecular formula is C29H25B. The van der Waals surface area contributed by atoms with Crippen LogP contribution in [0.2, 0.25) is 0 Å². The van der Waals surface area contributed by atoms with Crippen LogP contribution in [0.1, 0.15) is 38.9 Å². The average molecular weight is 384 g/mol. The van der Waals surface area contributed by atoms with Crippen LogP contribution in [0.25, 0.3) is 17.2 Å². The molecule has 0 N–H and O–H groups in total. The number of aryl methyl sites for hydroxylation is 2. The van der Waals surface area contributed by atoms with Crippen LogP contribution in [0, 0.1) is 13.8 Å². The Kier molecular flexibility index (Phi) is 4.29. The highest BCUT2D eigenvalue weighted by Gasteiger charge is 2.46. The number of fused-ring (bicyclic) bond motifs is 3. The Morgan fingerprint density at radius 3 is 2.23 bits per heavy atom. The van der Waals surface area contributed by atoms with Gasteiger partial charge in [-0.3, -0.25) is 0 Å². The van der Waals surface area contributed by atoms with Gasteiger partial charge in [0.25, 0.3) is 0 Å². The highest BCUT2D eigenvalue weighted by molar-refractivity contribution is 6.32. The van der Waals surface area contributed by atoms with Crippen molar-refractivity contribution in [3.63, 3.8) is 0 Å². The van der Waals surface area contributed by atoms with Crippen LogP contribution < -0.4 is 5.46 Å². The molecule has 0 saturated carbocycles. The van der Waals surface area contributed by atoms with Gasteiger partial charge in [-0.2, -0.15) is 0 Å². The van der Waals surface area contributed by atoms with Crippen LogP contribution in [-0.2, 0) is 5.41 Å². The van der Waals surface area contributed by atoms with Crippen LogP contribution in [0.3, 0.4) is 0 Å². The monoisotopic (exact) mass is 384 g/mol. The first-order valence-electron chi connectivity index (χ1n) is 10.6. The second kappa shape index (κ2) is 6.88. The summed E-state index contributed by atoms with van der Waals surface area (Å²) in [6.07, 6.45) is 1.91. The molecule has 1 aliphatic carbocycles. The highest BCUT2D eigenvalue weighted by atomic mass is 14.5. The normalized spacial score (nSPS) is 16.7. The van der Waals surface area contributed by atoms with E-state index in [2.05, 4.69) is 113 Å². The van der Waals surface area contributed by atoms with Gasteiger partial charge in [0.2, 0.25) is 0 Å². The maximum absolute atomic E-state index is 3.94. The Hall–Kier alpha value is -3.32. The Morgan fingerprint density at radius 1 is 0.733 bits per heavy atom. The number of hydrogen-bond acceptors (Lipinski definition) is 0. The predicted octanol–water partition coefficient (Wildman–Crippen LogP) is 5.57. The van der Waals surface area contributed by atoms with E-state index in [0.717, 1.165) is 5.56 Å². The van der Waals surface area contributed by atoms with Gasteiger partial charge in [0.1, 0.15) is 7.85 Å². The Balaban J connectivity index is 1.98. The van der Waals surface area contributed by atoms with Crippen molar-refractivity contribution in [2.45, 2.75) is 19.3 Å². The fourth-order valence-electron chi connectivity index (χ4n) is 5.16. The molecule has 144 valence electrons. The minimum absolute atomic E-state index is 0.326. The zero-order valence-corrected chi connectivity index (χ0v) is 17.9. The molecule has 0 amide bonds. The van der Waals surface area contributed by atoms with Crippen LogP contribution >= 0.6 is 0 Å². The van der Waals surface area contributed by atoms with Gasteiger partial charge in [0.15, 0.2) is 0 Å². The SMILES string of the molecule is Bc1ccc2c(c1)C(c1ccc(C=C)cc1)(c1cc(C)ccc1C)c1ccccc1-2. The highest BCUT2D eigenvalue weighted by Crippen LogP contribution is 2.56. The van der Waals surface area contributed by atoms with Gasteiger partial charge >= 0.3 is 0 Å². The molecule has 0 spiro atoms. The molecule has 0 nitrogen and oxygen atoms in total. The summed E-state index contributed by atoms with van der Waals surface area (Å²) in [5, 5.41) is 0. The van der Waals surface area contributed by atoms with Crippen LogP contribution in [-0.4, -0.2) is 7.85 Å². The van der Waals surface area contributed by atoms with Crippen molar-refractivity contribution in [3.8, 4) is 11.1 Å². The average Bonchev–Trinajstić information content (AvgIpc) is 3.06.